The van der Waals surface area contributed by atoms with Crippen LogP contribution in [0.15, 0.2) is 18.2 Å². The summed E-state index contributed by atoms with van der Waals surface area (Å²) in [5.74, 6) is -0.558. The normalized spacial score (nSPS) is 11.9. The highest BCUT2D eigenvalue weighted by molar-refractivity contribution is 6.34. The minimum atomic E-state index is -0.600. The Labute approximate surface area is 117 Å². The van der Waals surface area contributed by atoms with Gasteiger partial charge in [0.05, 0.1) is 10.6 Å². The summed E-state index contributed by atoms with van der Waals surface area (Å²) in [7, 11) is 0. The summed E-state index contributed by atoms with van der Waals surface area (Å²) in [4.78, 5) is 22.8. The summed E-state index contributed by atoms with van der Waals surface area (Å²) >= 11 is 5.90. The van der Waals surface area contributed by atoms with Gasteiger partial charge in [-0.2, -0.15) is 0 Å². The average molecular weight is 284 g/mol. The van der Waals surface area contributed by atoms with Gasteiger partial charge in [-0.25, -0.2) is 0 Å². The molecule has 5 N–H and O–H groups in total. The molecular weight excluding hydrogens is 266 g/mol. The number of amides is 2. The second-order valence-electron chi connectivity index (χ2n) is 4.32. The van der Waals surface area contributed by atoms with Crippen LogP contribution in [0.1, 0.15) is 30.1 Å². The molecule has 0 radical (unpaired) electrons. The third kappa shape index (κ3) is 4.54. The Morgan fingerprint density at radius 1 is 1.42 bits per heavy atom. The fraction of sp³-hybridized carbons (Fsp3) is 0.385. The van der Waals surface area contributed by atoms with Crippen LogP contribution in [-0.4, -0.2) is 18.4 Å². The maximum Gasteiger partial charge on any atom is 0.250 e. The number of benzene rings is 1. The molecule has 0 aliphatic carbocycles. The lowest BCUT2D eigenvalue weighted by molar-refractivity contribution is -0.117. The number of anilines is 1. The first-order valence-corrected chi connectivity index (χ1v) is 6.45. The van der Waals surface area contributed by atoms with Gasteiger partial charge in [0.2, 0.25) is 11.8 Å². The molecular formula is C13H18ClN3O2. The van der Waals surface area contributed by atoms with Crippen molar-refractivity contribution >= 4 is 29.1 Å². The van der Waals surface area contributed by atoms with Crippen molar-refractivity contribution in [2.75, 3.05) is 11.9 Å². The van der Waals surface area contributed by atoms with Crippen LogP contribution >= 0.6 is 11.6 Å². The van der Waals surface area contributed by atoms with E-state index < -0.39 is 5.91 Å². The first kappa shape index (κ1) is 15.5. The lowest BCUT2D eigenvalue weighted by Gasteiger charge is -2.12. The standard InChI is InChI=1S/C13H18ClN3O2/c1-2-8(7-15)5-12(18)17-9-3-4-10(13(16)19)11(14)6-9/h3-4,6,8H,2,5,7,15H2,1H3,(H2,16,19)(H,17,18). The van der Waals surface area contributed by atoms with Crippen molar-refractivity contribution < 1.29 is 9.59 Å². The number of halogens is 1. The third-order valence-corrected chi connectivity index (χ3v) is 3.22. The molecule has 5 nitrogen and oxygen atoms in total. The maximum atomic E-state index is 11.8. The van der Waals surface area contributed by atoms with Gasteiger partial charge in [0.1, 0.15) is 0 Å². The zero-order valence-electron chi connectivity index (χ0n) is 10.8. The lowest BCUT2D eigenvalue weighted by atomic mass is 10.0. The number of carbonyl (C=O) groups is 2. The third-order valence-electron chi connectivity index (χ3n) is 2.90. The zero-order chi connectivity index (χ0) is 14.4. The highest BCUT2D eigenvalue weighted by Crippen LogP contribution is 2.21. The Morgan fingerprint density at radius 3 is 2.58 bits per heavy atom. The highest BCUT2D eigenvalue weighted by Gasteiger charge is 2.12. The van der Waals surface area contributed by atoms with Crippen LogP contribution in [-0.2, 0) is 4.79 Å². The molecule has 1 atom stereocenters. The molecule has 1 unspecified atom stereocenters. The number of nitrogens with two attached hydrogens (primary N) is 2. The van der Waals surface area contributed by atoms with Crippen molar-refractivity contribution in [2.45, 2.75) is 19.8 Å². The van der Waals surface area contributed by atoms with Gasteiger partial charge in [-0.3, -0.25) is 9.59 Å². The van der Waals surface area contributed by atoms with Gasteiger partial charge in [0.15, 0.2) is 0 Å². The predicted octanol–water partition coefficient (Wildman–Crippen LogP) is 1.75. The van der Waals surface area contributed by atoms with Crippen molar-refractivity contribution in [3.8, 4) is 0 Å². The quantitative estimate of drug-likeness (QED) is 0.742. The number of nitrogens with one attached hydrogen (secondary N) is 1. The van der Waals surface area contributed by atoms with E-state index in [-0.39, 0.29) is 22.4 Å². The Bertz CT molecular complexity index is 473. The molecule has 104 valence electrons. The van der Waals surface area contributed by atoms with E-state index in [1.165, 1.54) is 12.1 Å². The molecule has 0 aliphatic heterocycles. The molecule has 19 heavy (non-hydrogen) atoms. The molecule has 0 bridgehead atoms. The van der Waals surface area contributed by atoms with Crippen molar-refractivity contribution in [3.05, 3.63) is 28.8 Å². The molecule has 0 aromatic heterocycles. The van der Waals surface area contributed by atoms with Crippen LogP contribution in [0.4, 0.5) is 5.69 Å². The molecule has 0 aliphatic rings. The van der Waals surface area contributed by atoms with E-state index in [1.807, 2.05) is 6.92 Å². The van der Waals surface area contributed by atoms with Crippen LogP contribution in [0.3, 0.4) is 0 Å². The van der Waals surface area contributed by atoms with Crippen molar-refractivity contribution in [3.63, 3.8) is 0 Å². The second kappa shape index (κ2) is 7.11. The van der Waals surface area contributed by atoms with Crippen LogP contribution in [0.5, 0.6) is 0 Å². The summed E-state index contributed by atoms with van der Waals surface area (Å²) in [6, 6.07) is 4.58. The largest absolute Gasteiger partial charge is 0.366 e. The Hall–Kier alpha value is -1.59. The number of hydrogen-bond acceptors (Lipinski definition) is 3. The van der Waals surface area contributed by atoms with E-state index in [0.717, 1.165) is 6.42 Å². The molecule has 0 heterocycles. The molecule has 6 heteroatoms. The van der Waals surface area contributed by atoms with Gasteiger partial charge in [-0.15, -0.1) is 0 Å². The summed E-state index contributed by atoms with van der Waals surface area (Å²) in [5.41, 5.74) is 11.5. The molecule has 2 amide bonds. The summed E-state index contributed by atoms with van der Waals surface area (Å²) in [5, 5.41) is 2.94. The Balaban J connectivity index is 2.70. The van der Waals surface area contributed by atoms with Crippen molar-refractivity contribution in [1.29, 1.82) is 0 Å². The van der Waals surface area contributed by atoms with Crippen LogP contribution in [0, 0.1) is 5.92 Å². The van der Waals surface area contributed by atoms with E-state index >= 15 is 0 Å². The fourth-order valence-electron chi connectivity index (χ4n) is 1.66. The monoisotopic (exact) mass is 283 g/mol. The minimum absolute atomic E-state index is 0.125. The first-order chi connectivity index (χ1) is 8.97. The summed E-state index contributed by atoms with van der Waals surface area (Å²) < 4.78 is 0. The highest BCUT2D eigenvalue weighted by atomic mass is 35.5. The van der Waals surface area contributed by atoms with Gasteiger partial charge in [0.25, 0.3) is 0 Å². The molecule has 1 aromatic rings. The van der Waals surface area contributed by atoms with Crippen LogP contribution < -0.4 is 16.8 Å². The van der Waals surface area contributed by atoms with E-state index in [0.29, 0.717) is 18.7 Å². The molecule has 1 aromatic carbocycles. The first-order valence-electron chi connectivity index (χ1n) is 6.07. The number of hydrogen-bond donors (Lipinski definition) is 3. The summed E-state index contributed by atoms with van der Waals surface area (Å²) in [6.07, 6.45) is 1.22. The van der Waals surface area contributed by atoms with Crippen LogP contribution in [0.2, 0.25) is 5.02 Å². The number of primary amides is 1. The van der Waals surface area contributed by atoms with E-state index in [9.17, 15) is 9.59 Å². The fourth-order valence-corrected chi connectivity index (χ4v) is 1.93. The number of rotatable bonds is 6. The molecule has 0 spiro atoms. The van der Waals surface area contributed by atoms with Gasteiger partial charge in [-0.05, 0) is 30.7 Å². The smallest absolute Gasteiger partial charge is 0.250 e. The maximum absolute atomic E-state index is 11.8. The zero-order valence-corrected chi connectivity index (χ0v) is 11.5. The topological polar surface area (TPSA) is 98.2 Å². The Kier molecular flexibility index (Phi) is 5.79. The van der Waals surface area contributed by atoms with Crippen molar-refractivity contribution in [1.82, 2.24) is 0 Å². The van der Waals surface area contributed by atoms with Gasteiger partial charge >= 0.3 is 0 Å². The van der Waals surface area contributed by atoms with E-state index in [1.54, 1.807) is 6.07 Å². The number of carbonyl (C=O) groups excluding carboxylic acids is 2. The average Bonchev–Trinajstić information content (AvgIpc) is 2.35. The summed E-state index contributed by atoms with van der Waals surface area (Å²) in [6.45, 7) is 2.47. The van der Waals surface area contributed by atoms with Gasteiger partial charge in [-0.1, -0.05) is 24.9 Å². The molecule has 1 rings (SSSR count). The SMILES string of the molecule is CCC(CN)CC(=O)Nc1ccc(C(N)=O)c(Cl)c1. The Morgan fingerprint density at radius 2 is 2.11 bits per heavy atom. The molecule has 0 saturated carbocycles. The van der Waals surface area contributed by atoms with E-state index in [2.05, 4.69) is 5.32 Å². The molecule has 0 fully saturated rings. The van der Waals surface area contributed by atoms with Crippen LogP contribution in [0.25, 0.3) is 0 Å². The van der Waals surface area contributed by atoms with Gasteiger partial charge < -0.3 is 16.8 Å². The lowest BCUT2D eigenvalue weighted by Crippen LogP contribution is -2.21. The second-order valence-corrected chi connectivity index (χ2v) is 4.73. The van der Waals surface area contributed by atoms with E-state index in [4.69, 9.17) is 23.1 Å². The predicted molar refractivity (Wildman–Crippen MR) is 76.1 cm³/mol. The molecule has 0 saturated heterocycles. The van der Waals surface area contributed by atoms with Crippen molar-refractivity contribution in [2.24, 2.45) is 17.4 Å². The van der Waals surface area contributed by atoms with Gasteiger partial charge in [0, 0.05) is 12.1 Å². The minimum Gasteiger partial charge on any atom is -0.366 e.